The molecule has 0 unspecified atom stereocenters. The Kier molecular flexibility index (Phi) is 4.49. The summed E-state index contributed by atoms with van der Waals surface area (Å²) in [6, 6.07) is 8.48. The Morgan fingerprint density at radius 1 is 1.38 bits per heavy atom. The molecule has 0 bridgehead atoms. The summed E-state index contributed by atoms with van der Waals surface area (Å²) in [5.41, 5.74) is 0.839. The zero-order chi connectivity index (χ0) is 15.4. The smallest absolute Gasteiger partial charge is 0.407 e. The van der Waals surface area contributed by atoms with E-state index in [2.05, 4.69) is 15.4 Å². The van der Waals surface area contributed by atoms with Gasteiger partial charge in [0, 0.05) is 6.54 Å². The van der Waals surface area contributed by atoms with Crippen molar-refractivity contribution in [2.45, 2.75) is 25.6 Å². The summed E-state index contributed by atoms with van der Waals surface area (Å²) in [6.45, 7) is 1.78. The second kappa shape index (κ2) is 6.31. The summed E-state index contributed by atoms with van der Waals surface area (Å²) in [7, 11) is 1.58. The number of carboxylic acid groups (broad SMARTS) is 1. The minimum atomic E-state index is -1.14. The van der Waals surface area contributed by atoms with Crippen molar-refractivity contribution in [3.8, 4) is 0 Å². The van der Waals surface area contributed by atoms with Gasteiger partial charge in [-0.1, -0.05) is 30.3 Å². The molecule has 0 aliphatic heterocycles. The Morgan fingerprint density at radius 2 is 2.05 bits per heavy atom. The van der Waals surface area contributed by atoms with Crippen LogP contribution in [0.3, 0.4) is 0 Å². The lowest BCUT2D eigenvalue weighted by atomic mass is 10.1. The monoisotopic (exact) mass is 291 g/mol. The molecule has 0 spiro atoms. The molecule has 0 radical (unpaired) electrons. The van der Waals surface area contributed by atoms with E-state index in [1.54, 1.807) is 14.0 Å². The van der Waals surface area contributed by atoms with Gasteiger partial charge in [0.25, 0.3) is 0 Å². The predicted molar refractivity (Wildman–Crippen MR) is 73.2 cm³/mol. The van der Waals surface area contributed by atoms with Gasteiger partial charge in [0.1, 0.15) is 6.10 Å². The number of aliphatic hydroxyl groups excluding tert-OH is 1. The molecule has 8 heteroatoms. The van der Waals surface area contributed by atoms with Gasteiger partial charge in [0.05, 0.1) is 13.1 Å². The van der Waals surface area contributed by atoms with Crippen molar-refractivity contribution < 1.29 is 15.0 Å². The molecule has 21 heavy (non-hydrogen) atoms. The highest BCUT2D eigenvalue weighted by Crippen LogP contribution is 2.19. The second-order valence-corrected chi connectivity index (χ2v) is 4.72. The molecule has 0 aliphatic rings. The van der Waals surface area contributed by atoms with Crippen LogP contribution in [0.1, 0.15) is 24.4 Å². The zero-order valence-corrected chi connectivity index (χ0v) is 11.8. The maximum Gasteiger partial charge on any atom is 0.407 e. The largest absolute Gasteiger partial charge is 0.465 e. The van der Waals surface area contributed by atoms with Crippen molar-refractivity contribution in [2.24, 2.45) is 7.05 Å². The third kappa shape index (κ3) is 3.54. The van der Waals surface area contributed by atoms with Crippen LogP contribution >= 0.6 is 0 Å². The van der Waals surface area contributed by atoms with Gasteiger partial charge in [-0.25, -0.2) is 4.79 Å². The number of hydrogen-bond acceptors (Lipinski definition) is 5. The van der Waals surface area contributed by atoms with E-state index in [1.807, 2.05) is 30.3 Å². The number of rotatable bonds is 5. The minimum Gasteiger partial charge on any atom is -0.465 e. The molecule has 1 aromatic carbocycles. The number of aromatic nitrogens is 4. The fraction of sp³-hybridized carbons (Fsp3) is 0.385. The van der Waals surface area contributed by atoms with Gasteiger partial charge in [-0.15, -0.1) is 10.2 Å². The molecule has 2 atom stereocenters. The highest BCUT2D eigenvalue weighted by molar-refractivity contribution is 5.65. The lowest BCUT2D eigenvalue weighted by Gasteiger charge is -2.28. The van der Waals surface area contributed by atoms with Crippen molar-refractivity contribution in [3.63, 3.8) is 0 Å². The number of aliphatic hydroxyl groups is 1. The Morgan fingerprint density at radius 3 is 2.57 bits per heavy atom. The van der Waals surface area contributed by atoms with E-state index < -0.39 is 18.2 Å². The van der Waals surface area contributed by atoms with Crippen LogP contribution in [0.4, 0.5) is 4.79 Å². The first-order valence-corrected chi connectivity index (χ1v) is 6.44. The number of amides is 1. The highest BCUT2D eigenvalue weighted by atomic mass is 16.4. The summed E-state index contributed by atoms with van der Waals surface area (Å²) < 4.78 is 0. The van der Waals surface area contributed by atoms with Crippen molar-refractivity contribution in [3.05, 3.63) is 41.7 Å². The lowest BCUT2D eigenvalue weighted by Crippen LogP contribution is -2.41. The van der Waals surface area contributed by atoms with Crippen LogP contribution < -0.4 is 0 Å². The van der Waals surface area contributed by atoms with Crippen LogP contribution in [0.25, 0.3) is 0 Å². The van der Waals surface area contributed by atoms with E-state index in [4.69, 9.17) is 0 Å². The molecular weight excluding hydrogens is 274 g/mol. The molecule has 8 nitrogen and oxygen atoms in total. The van der Waals surface area contributed by atoms with Gasteiger partial charge < -0.3 is 10.2 Å². The van der Waals surface area contributed by atoms with Crippen molar-refractivity contribution in [1.29, 1.82) is 0 Å². The van der Waals surface area contributed by atoms with Gasteiger partial charge in [-0.3, -0.25) is 4.90 Å². The highest BCUT2D eigenvalue weighted by Gasteiger charge is 2.29. The van der Waals surface area contributed by atoms with Gasteiger partial charge >= 0.3 is 6.09 Å². The second-order valence-electron chi connectivity index (χ2n) is 4.72. The number of aryl methyl sites for hydroxylation is 1. The quantitative estimate of drug-likeness (QED) is 0.844. The first-order chi connectivity index (χ1) is 9.99. The van der Waals surface area contributed by atoms with E-state index in [0.29, 0.717) is 0 Å². The molecule has 2 rings (SSSR count). The van der Waals surface area contributed by atoms with Crippen molar-refractivity contribution >= 4 is 6.09 Å². The molecule has 0 saturated heterocycles. The average molecular weight is 291 g/mol. The summed E-state index contributed by atoms with van der Waals surface area (Å²) in [4.78, 5) is 13.8. The summed E-state index contributed by atoms with van der Waals surface area (Å²) >= 11 is 0. The van der Waals surface area contributed by atoms with E-state index in [0.717, 1.165) is 10.5 Å². The van der Waals surface area contributed by atoms with E-state index in [1.165, 1.54) is 4.80 Å². The number of nitrogens with zero attached hydrogens (tertiary/aromatic N) is 5. The lowest BCUT2D eigenvalue weighted by molar-refractivity contribution is 0.0470. The van der Waals surface area contributed by atoms with Crippen molar-refractivity contribution in [2.75, 3.05) is 0 Å². The van der Waals surface area contributed by atoms with Gasteiger partial charge in [0.15, 0.2) is 0 Å². The van der Waals surface area contributed by atoms with Gasteiger partial charge in [0.2, 0.25) is 5.82 Å². The predicted octanol–water partition coefficient (Wildman–Crippen LogP) is 0.812. The Hall–Kier alpha value is -2.48. The molecule has 0 fully saturated rings. The summed E-state index contributed by atoms with van der Waals surface area (Å²) in [5, 5.41) is 30.8. The fourth-order valence-electron chi connectivity index (χ4n) is 1.97. The van der Waals surface area contributed by atoms with Crippen LogP contribution in [-0.4, -0.2) is 47.5 Å². The maximum atomic E-state index is 11.4. The first-order valence-electron chi connectivity index (χ1n) is 6.44. The molecule has 1 amide bonds. The molecule has 0 saturated carbocycles. The zero-order valence-electron chi connectivity index (χ0n) is 11.8. The van der Waals surface area contributed by atoms with E-state index in [-0.39, 0.29) is 12.4 Å². The SMILES string of the molecule is C[C@@H]([C@H](O)c1nnn(C)n1)N(Cc1ccccc1)C(=O)O. The topological polar surface area (TPSA) is 104 Å². The van der Waals surface area contributed by atoms with Crippen LogP contribution in [0, 0.1) is 0 Å². The molecule has 2 N–H and O–H groups in total. The van der Waals surface area contributed by atoms with Crippen LogP contribution in [-0.2, 0) is 13.6 Å². The van der Waals surface area contributed by atoms with Crippen LogP contribution in [0.2, 0.25) is 0 Å². The van der Waals surface area contributed by atoms with Crippen LogP contribution in [0.5, 0.6) is 0 Å². The Balaban J connectivity index is 2.15. The molecule has 0 aliphatic carbocycles. The van der Waals surface area contributed by atoms with Gasteiger partial charge in [-0.05, 0) is 17.7 Å². The number of hydrogen-bond donors (Lipinski definition) is 2. The minimum absolute atomic E-state index is 0.101. The number of carbonyl (C=O) groups is 1. The van der Waals surface area contributed by atoms with Gasteiger partial charge in [-0.2, -0.15) is 4.80 Å². The van der Waals surface area contributed by atoms with Crippen LogP contribution in [0.15, 0.2) is 30.3 Å². The average Bonchev–Trinajstić information content (AvgIpc) is 2.90. The molecular formula is C13H17N5O3. The van der Waals surface area contributed by atoms with E-state index in [9.17, 15) is 15.0 Å². The molecule has 1 aromatic heterocycles. The Labute approximate surface area is 121 Å². The normalized spacial score (nSPS) is 13.7. The fourth-order valence-corrected chi connectivity index (χ4v) is 1.97. The van der Waals surface area contributed by atoms with E-state index >= 15 is 0 Å². The molecule has 2 aromatic rings. The summed E-state index contributed by atoms with van der Waals surface area (Å²) in [6.07, 6.45) is -2.26. The Bertz CT molecular complexity index is 601. The standard InChI is InChI=1S/C13H17N5O3/c1-9(11(19)12-14-16-17(2)15-12)18(13(20)21)8-10-6-4-3-5-7-10/h3-7,9,11,19H,8H2,1-2H3,(H,20,21)/t9-,11-/m0/s1. The third-order valence-corrected chi connectivity index (χ3v) is 3.18. The third-order valence-electron chi connectivity index (χ3n) is 3.18. The molecule has 1 heterocycles. The first kappa shape index (κ1) is 14.9. The number of tetrazole rings is 1. The van der Waals surface area contributed by atoms with Crippen molar-refractivity contribution in [1.82, 2.24) is 25.1 Å². The number of benzene rings is 1. The summed E-state index contributed by atoms with van der Waals surface area (Å²) in [5.74, 6) is 0.101. The molecule has 112 valence electrons. The maximum absolute atomic E-state index is 11.4.